The largest absolute Gasteiger partial charge is 0.495 e. The molecule has 2 rings (SSSR count). The van der Waals surface area contributed by atoms with Gasteiger partial charge in [0.15, 0.2) is 0 Å². The molecule has 1 atom stereocenters. The van der Waals surface area contributed by atoms with Crippen molar-refractivity contribution in [1.82, 2.24) is 0 Å². The molecular weight excluding hydrogens is 416 g/mol. The molecule has 1 unspecified atom stereocenters. The average Bonchev–Trinajstić information content (AvgIpc) is 2.62. The van der Waals surface area contributed by atoms with E-state index in [1.54, 1.807) is 36.4 Å². The lowest BCUT2D eigenvalue weighted by molar-refractivity contribution is -0.116. The minimum Gasteiger partial charge on any atom is -0.495 e. The second kappa shape index (κ2) is 9.37. The summed E-state index contributed by atoms with van der Waals surface area (Å²) in [6.07, 6.45) is 1.06. The maximum absolute atomic E-state index is 12.8. The molecule has 0 aliphatic carbocycles. The zero-order valence-electron chi connectivity index (χ0n) is 17.0. The maximum Gasteiger partial charge on any atom is 0.247 e. The summed E-state index contributed by atoms with van der Waals surface area (Å²) in [5.41, 5.74) is 0.704. The molecule has 1 amide bonds. The summed E-state index contributed by atoms with van der Waals surface area (Å²) in [4.78, 5) is 12.8. The Morgan fingerprint density at radius 1 is 1.10 bits per heavy atom. The highest BCUT2D eigenvalue weighted by Gasteiger charge is 2.31. The van der Waals surface area contributed by atoms with Gasteiger partial charge in [0.1, 0.15) is 17.5 Å². The van der Waals surface area contributed by atoms with Crippen molar-refractivity contribution in [1.29, 1.82) is 0 Å². The Balaban J connectivity index is 2.29. The molecule has 158 valence electrons. The van der Waals surface area contributed by atoms with Crippen LogP contribution in [0, 0.1) is 0 Å². The Labute approximate surface area is 176 Å². The minimum absolute atomic E-state index is 0.0338. The van der Waals surface area contributed by atoms with Crippen molar-refractivity contribution in [3.05, 3.63) is 47.5 Å². The Morgan fingerprint density at radius 3 is 2.24 bits per heavy atom. The molecule has 0 aliphatic rings. The molecule has 0 aromatic heterocycles. The van der Waals surface area contributed by atoms with Crippen LogP contribution in [0.25, 0.3) is 0 Å². The third-order valence-corrected chi connectivity index (χ3v) is 5.42. The van der Waals surface area contributed by atoms with Gasteiger partial charge in [0.2, 0.25) is 15.9 Å². The summed E-state index contributed by atoms with van der Waals surface area (Å²) in [6.45, 7) is 5.33. The maximum atomic E-state index is 12.8. The molecule has 0 radical (unpaired) electrons. The van der Waals surface area contributed by atoms with Crippen molar-refractivity contribution in [3.8, 4) is 11.5 Å². The number of nitrogens with zero attached hydrogens (tertiary/aromatic N) is 1. The molecule has 0 heterocycles. The van der Waals surface area contributed by atoms with Crippen molar-refractivity contribution in [2.75, 3.05) is 23.0 Å². The predicted molar refractivity (Wildman–Crippen MR) is 116 cm³/mol. The van der Waals surface area contributed by atoms with Gasteiger partial charge in [-0.1, -0.05) is 11.6 Å². The first-order chi connectivity index (χ1) is 13.5. The summed E-state index contributed by atoms with van der Waals surface area (Å²) in [5, 5.41) is 3.04. The molecule has 2 aromatic rings. The van der Waals surface area contributed by atoms with Gasteiger partial charge in [-0.05, 0) is 63.2 Å². The second-order valence-corrected chi connectivity index (χ2v) is 9.03. The highest BCUT2D eigenvalue weighted by molar-refractivity contribution is 7.92. The fraction of sp³-hybridized carbons (Fsp3) is 0.350. The monoisotopic (exact) mass is 440 g/mol. The van der Waals surface area contributed by atoms with Gasteiger partial charge in [-0.2, -0.15) is 0 Å². The van der Waals surface area contributed by atoms with E-state index in [0.717, 1.165) is 10.6 Å². The van der Waals surface area contributed by atoms with E-state index in [1.165, 1.54) is 20.1 Å². The van der Waals surface area contributed by atoms with Crippen LogP contribution in [0.2, 0.25) is 5.02 Å². The van der Waals surface area contributed by atoms with Crippen LogP contribution in [0.15, 0.2) is 42.5 Å². The highest BCUT2D eigenvalue weighted by atomic mass is 35.5. The number of sulfonamides is 1. The molecule has 0 saturated carbocycles. The number of carbonyl (C=O) groups is 1. The summed E-state index contributed by atoms with van der Waals surface area (Å²) >= 11 is 6.04. The van der Waals surface area contributed by atoms with Gasteiger partial charge in [0, 0.05) is 10.7 Å². The van der Waals surface area contributed by atoms with E-state index in [-0.39, 0.29) is 17.5 Å². The van der Waals surface area contributed by atoms with E-state index in [1.807, 2.05) is 13.8 Å². The number of methoxy groups -OCH3 is 1. The molecule has 7 nitrogen and oxygen atoms in total. The van der Waals surface area contributed by atoms with Crippen molar-refractivity contribution >= 4 is 38.9 Å². The van der Waals surface area contributed by atoms with Crippen LogP contribution in [0.5, 0.6) is 11.5 Å². The van der Waals surface area contributed by atoms with Crippen molar-refractivity contribution in [2.45, 2.75) is 32.9 Å². The first-order valence-corrected chi connectivity index (χ1v) is 11.2. The van der Waals surface area contributed by atoms with Gasteiger partial charge in [0.05, 0.1) is 25.2 Å². The van der Waals surface area contributed by atoms with Gasteiger partial charge in [-0.3, -0.25) is 9.10 Å². The third-order valence-electron chi connectivity index (χ3n) is 3.96. The molecule has 1 N–H and O–H groups in total. The smallest absolute Gasteiger partial charge is 0.247 e. The third kappa shape index (κ3) is 6.01. The summed E-state index contributed by atoms with van der Waals surface area (Å²) < 4.78 is 36.8. The Hall–Kier alpha value is -2.45. The van der Waals surface area contributed by atoms with Gasteiger partial charge in [-0.25, -0.2) is 8.42 Å². The van der Waals surface area contributed by atoms with Crippen LogP contribution >= 0.6 is 11.6 Å². The highest BCUT2D eigenvalue weighted by Crippen LogP contribution is 2.34. The van der Waals surface area contributed by atoms with Crippen LogP contribution in [-0.2, 0) is 14.8 Å². The number of hydrogen-bond donors (Lipinski definition) is 1. The number of nitrogens with one attached hydrogen (secondary N) is 1. The topological polar surface area (TPSA) is 84.9 Å². The van der Waals surface area contributed by atoms with E-state index in [4.69, 9.17) is 21.1 Å². The number of ether oxygens (including phenoxy) is 2. The zero-order chi connectivity index (χ0) is 21.8. The number of benzene rings is 2. The molecule has 0 fully saturated rings. The average molecular weight is 441 g/mol. The quantitative estimate of drug-likeness (QED) is 0.672. The van der Waals surface area contributed by atoms with Crippen LogP contribution < -0.4 is 19.1 Å². The van der Waals surface area contributed by atoms with Crippen LogP contribution in [0.3, 0.4) is 0 Å². The summed E-state index contributed by atoms with van der Waals surface area (Å²) in [6, 6.07) is 10.4. The van der Waals surface area contributed by atoms with Gasteiger partial charge in [-0.15, -0.1) is 0 Å². The number of rotatable bonds is 8. The minimum atomic E-state index is -3.81. The molecule has 0 saturated heterocycles. The van der Waals surface area contributed by atoms with Crippen molar-refractivity contribution < 1.29 is 22.7 Å². The normalized spacial score (nSPS) is 12.4. The number of carbonyl (C=O) groups excluding carboxylic acids is 1. The molecule has 9 heteroatoms. The standard InChI is InChI=1S/C20H25ClN2O5S/c1-13(2)28-17-9-7-16(8-10-17)22-20(24)14(3)23(29(5,25)26)18-12-15(21)6-11-19(18)27-4/h6-14H,1-5H3,(H,22,24). The summed E-state index contributed by atoms with van der Waals surface area (Å²) in [5.74, 6) is 0.456. The van der Waals surface area contributed by atoms with Crippen LogP contribution in [0.4, 0.5) is 11.4 Å². The predicted octanol–water partition coefficient (Wildman–Crippen LogP) is 3.93. The Kier molecular flexibility index (Phi) is 7.37. The first kappa shape index (κ1) is 22.8. The zero-order valence-corrected chi connectivity index (χ0v) is 18.5. The van der Waals surface area contributed by atoms with E-state index in [2.05, 4.69) is 5.32 Å². The van der Waals surface area contributed by atoms with Gasteiger partial charge < -0.3 is 14.8 Å². The second-order valence-electron chi connectivity index (χ2n) is 6.73. The summed E-state index contributed by atoms with van der Waals surface area (Å²) in [7, 11) is -2.39. The van der Waals surface area contributed by atoms with E-state index >= 15 is 0 Å². The van der Waals surface area contributed by atoms with Crippen molar-refractivity contribution in [2.24, 2.45) is 0 Å². The molecule has 0 bridgehead atoms. The number of anilines is 2. The lowest BCUT2D eigenvalue weighted by Crippen LogP contribution is -2.45. The molecule has 0 aliphatic heterocycles. The number of amides is 1. The number of halogens is 1. The SMILES string of the molecule is COc1ccc(Cl)cc1N(C(C)C(=O)Nc1ccc(OC(C)C)cc1)S(C)(=O)=O. The van der Waals surface area contributed by atoms with Crippen molar-refractivity contribution in [3.63, 3.8) is 0 Å². The van der Waals surface area contributed by atoms with E-state index < -0.39 is 22.0 Å². The molecular formula is C20H25ClN2O5S. The Morgan fingerprint density at radius 2 is 1.72 bits per heavy atom. The fourth-order valence-electron chi connectivity index (χ4n) is 2.75. The van der Waals surface area contributed by atoms with E-state index in [0.29, 0.717) is 16.5 Å². The first-order valence-electron chi connectivity index (χ1n) is 8.93. The molecule has 29 heavy (non-hydrogen) atoms. The molecule has 0 spiro atoms. The Bertz CT molecular complexity index is 961. The van der Waals surface area contributed by atoms with Crippen LogP contribution in [-0.4, -0.2) is 39.8 Å². The number of hydrogen-bond acceptors (Lipinski definition) is 5. The van der Waals surface area contributed by atoms with Gasteiger partial charge in [0.25, 0.3) is 0 Å². The van der Waals surface area contributed by atoms with E-state index in [9.17, 15) is 13.2 Å². The van der Waals surface area contributed by atoms with Gasteiger partial charge >= 0.3 is 0 Å². The fourth-order valence-corrected chi connectivity index (χ4v) is 4.09. The van der Waals surface area contributed by atoms with Crippen LogP contribution in [0.1, 0.15) is 20.8 Å². The molecule has 2 aromatic carbocycles. The lowest BCUT2D eigenvalue weighted by atomic mass is 10.2. The lowest BCUT2D eigenvalue weighted by Gasteiger charge is -2.29.